The van der Waals surface area contributed by atoms with Gasteiger partial charge in [0.2, 0.25) is 10.0 Å². The van der Waals surface area contributed by atoms with Crippen molar-refractivity contribution in [1.82, 2.24) is 0 Å². The lowest BCUT2D eigenvalue weighted by atomic mass is 10.0. The Morgan fingerprint density at radius 1 is 1.35 bits per heavy atom. The first-order valence-electron chi connectivity index (χ1n) is 5.05. The molecule has 0 spiro atoms. The lowest BCUT2D eigenvalue weighted by Gasteiger charge is -2.18. The van der Waals surface area contributed by atoms with Gasteiger partial charge in [-0.15, -0.1) is 0 Å². The van der Waals surface area contributed by atoms with E-state index >= 15 is 0 Å². The summed E-state index contributed by atoms with van der Waals surface area (Å²) in [7, 11) is -3.34. The molecular weight excluding hydrogens is 326 g/mol. The Balaban J connectivity index is 2.87. The maximum Gasteiger partial charge on any atom is 0.233 e. The highest BCUT2D eigenvalue weighted by molar-refractivity contribution is 9.10. The van der Waals surface area contributed by atoms with Crippen LogP contribution in [-0.2, 0) is 10.0 Å². The summed E-state index contributed by atoms with van der Waals surface area (Å²) in [6, 6.07) is 4.91. The van der Waals surface area contributed by atoms with E-state index in [1.165, 1.54) is 0 Å². The Morgan fingerprint density at radius 2 is 1.94 bits per heavy atom. The number of anilines is 1. The maximum absolute atomic E-state index is 11.9. The van der Waals surface area contributed by atoms with Crippen LogP contribution in [0.4, 0.5) is 5.69 Å². The Bertz CT molecular complexity index is 509. The Morgan fingerprint density at radius 3 is 2.41 bits per heavy atom. The lowest BCUT2D eigenvalue weighted by Crippen LogP contribution is -2.26. The Labute approximate surface area is 116 Å². The number of hydrogen-bond donors (Lipinski definition) is 1. The molecule has 0 radical (unpaired) electrons. The summed E-state index contributed by atoms with van der Waals surface area (Å²) >= 11 is 9.08. The van der Waals surface area contributed by atoms with Crippen LogP contribution in [0.1, 0.15) is 20.8 Å². The fourth-order valence-electron chi connectivity index (χ4n) is 1.35. The second kappa shape index (κ2) is 5.16. The molecule has 6 heteroatoms. The van der Waals surface area contributed by atoms with Gasteiger partial charge in [-0.1, -0.05) is 32.4 Å². The predicted octanol–water partition coefficient (Wildman–Crippen LogP) is 3.89. The molecule has 0 saturated carbocycles. The van der Waals surface area contributed by atoms with Crippen LogP contribution in [0, 0.1) is 5.41 Å². The monoisotopic (exact) mass is 339 g/mol. The molecule has 0 unspecified atom stereocenters. The Hall–Kier alpha value is -0.260. The largest absolute Gasteiger partial charge is 0.283 e. The standard InChI is InChI=1S/C11H15BrClNO2S/c1-11(2,3)7-17(15,16)14-8-4-5-10(13)9(12)6-8/h4-6,14H,7H2,1-3H3. The smallest absolute Gasteiger partial charge is 0.233 e. The molecule has 17 heavy (non-hydrogen) atoms. The molecule has 3 nitrogen and oxygen atoms in total. The van der Waals surface area contributed by atoms with Crippen LogP contribution in [-0.4, -0.2) is 14.2 Å². The van der Waals surface area contributed by atoms with Gasteiger partial charge in [-0.2, -0.15) is 0 Å². The highest BCUT2D eigenvalue weighted by Crippen LogP contribution is 2.26. The zero-order chi connectivity index (χ0) is 13.3. The molecule has 96 valence electrons. The van der Waals surface area contributed by atoms with Crippen LogP contribution in [0.15, 0.2) is 22.7 Å². The minimum absolute atomic E-state index is 0.0697. The summed E-state index contributed by atoms with van der Waals surface area (Å²) in [5.74, 6) is 0.0697. The van der Waals surface area contributed by atoms with Crippen LogP contribution < -0.4 is 4.72 Å². The highest BCUT2D eigenvalue weighted by atomic mass is 79.9. The van der Waals surface area contributed by atoms with Crippen molar-refractivity contribution in [2.75, 3.05) is 10.5 Å². The third-order valence-corrected chi connectivity index (χ3v) is 4.82. The van der Waals surface area contributed by atoms with Crippen molar-refractivity contribution < 1.29 is 8.42 Å². The summed E-state index contributed by atoms with van der Waals surface area (Å²) in [5, 5.41) is 0.545. The molecule has 0 heterocycles. The summed E-state index contributed by atoms with van der Waals surface area (Å²) in [4.78, 5) is 0. The fourth-order valence-corrected chi connectivity index (χ4v) is 3.54. The van der Waals surface area contributed by atoms with Crippen LogP contribution in [0.25, 0.3) is 0 Å². The van der Waals surface area contributed by atoms with E-state index in [1.807, 2.05) is 20.8 Å². The van der Waals surface area contributed by atoms with Gasteiger partial charge in [-0.05, 0) is 39.5 Å². The average Bonchev–Trinajstić information content (AvgIpc) is 2.06. The Kier molecular flexibility index (Phi) is 4.49. The third-order valence-electron chi connectivity index (χ3n) is 1.82. The summed E-state index contributed by atoms with van der Waals surface area (Å²) in [5.41, 5.74) is 0.223. The maximum atomic E-state index is 11.9. The number of benzene rings is 1. The molecule has 0 fully saturated rings. The molecule has 0 aliphatic heterocycles. The van der Waals surface area contributed by atoms with Crippen LogP contribution in [0.3, 0.4) is 0 Å². The highest BCUT2D eigenvalue weighted by Gasteiger charge is 2.21. The second-order valence-corrected chi connectivity index (χ2v) is 8.03. The van der Waals surface area contributed by atoms with Crippen molar-refractivity contribution in [3.63, 3.8) is 0 Å². The molecule has 0 amide bonds. The molecule has 1 aromatic carbocycles. The minimum Gasteiger partial charge on any atom is -0.283 e. The number of hydrogen-bond acceptors (Lipinski definition) is 2. The van der Waals surface area contributed by atoms with Crippen molar-refractivity contribution in [3.05, 3.63) is 27.7 Å². The first kappa shape index (κ1) is 14.8. The van der Waals surface area contributed by atoms with Crippen molar-refractivity contribution in [1.29, 1.82) is 0 Å². The van der Waals surface area contributed by atoms with Crippen LogP contribution in [0.5, 0.6) is 0 Å². The van der Waals surface area contributed by atoms with Gasteiger partial charge in [0.15, 0.2) is 0 Å². The van der Waals surface area contributed by atoms with Gasteiger partial charge >= 0.3 is 0 Å². The topological polar surface area (TPSA) is 46.2 Å². The minimum atomic E-state index is -3.34. The van der Waals surface area contributed by atoms with Gasteiger partial charge in [0.25, 0.3) is 0 Å². The summed E-state index contributed by atoms with van der Waals surface area (Å²) in [6.07, 6.45) is 0. The lowest BCUT2D eigenvalue weighted by molar-refractivity contribution is 0.463. The number of nitrogens with one attached hydrogen (secondary N) is 1. The molecule has 0 bridgehead atoms. The molecule has 0 atom stereocenters. The normalized spacial score (nSPS) is 12.5. The molecule has 1 aromatic rings. The van der Waals surface area contributed by atoms with E-state index in [1.54, 1.807) is 18.2 Å². The van der Waals surface area contributed by atoms with Crippen molar-refractivity contribution in [2.45, 2.75) is 20.8 Å². The first-order valence-corrected chi connectivity index (χ1v) is 7.87. The van der Waals surface area contributed by atoms with E-state index in [-0.39, 0.29) is 11.2 Å². The van der Waals surface area contributed by atoms with E-state index < -0.39 is 10.0 Å². The van der Waals surface area contributed by atoms with Crippen molar-refractivity contribution in [2.24, 2.45) is 5.41 Å². The first-order chi connectivity index (χ1) is 7.59. The third kappa shape index (κ3) is 5.27. The molecular formula is C11H15BrClNO2S. The number of halogens is 2. The van der Waals surface area contributed by atoms with Gasteiger partial charge in [0.1, 0.15) is 0 Å². The average molecular weight is 341 g/mol. The van der Waals surface area contributed by atoms with Gasteiger partial charge < -0.3 is 0 Å². The zero-order valence-corrected chi connectivity index (χ0v) is 13.1. The van der Waals surface area contributed by atoms with Crippen molar-refractivity contribution >= 4 is 43.2 Å². The van der Waals surface area contributed by atoms with Crippen LogP contribution >= 0.6 is 27.5 Å². The quantitative estimate of drug-likeness (QED) is 0.907. The zero-order valence-electron chi connectivity index (χ0n) is 9.92. The molecule has 0 aliphatic rings. The number of rotatable bonds is 3. The van der Waals surface area contributed by atoms with Gasteiger partial charge in [0, 0.05) is 10.2 Å². The molecule has 1 rings (SSSR count). The SMILES string of the molecule is CC(C)(C)CS(=O)(=O)Nc1ccc(Cl)c(Br)c1. The van der Waals surface area contributed by atoms with Gasteiger partial charge in [-0.3, -0.25) is 4.72 Å². The van der Waals surface area contributed by atoms with Crippen molar-refractivity contribution in [3.8, 4) is 0 Å². The van der Waals surface area contributed by atoms with Gasteiger partial charge in [0.05, 0.1) is 10.8 Å². The fraction of sp³-hybridized carbons (Fsp3) is 0.455. The van der Waals surface area contributed by atoms with E-state index in [0.29, 0.717) is 15.2 Å². The summed E-state index contributed by atoms with van der Waals surface area (Å²) < 4.78 is 26.9. The molecule has 0 saturated heterocycles. The van der Waals surface area contributed by atoms with E-state index in [2.05, 4.69) is 20.7 Å². The molecule has 0 aromatic heterocycles. The molecule has 0 aliphatic carbocycles. The van der Waals surface area contributed by atoms with Crippen LogP contribution in [0.2, 0.25) is 5.02 Å². The molecule has 1 N–H and O–H groups in total. The second-order valence-electron chi connectivity index (χ2n) is 5.05. The van der Waals surface area contributed by atoms with E-state index in [4.69, 9.17) is 11.6 Å². The number of sulfonamides is 1. The van der Waals surface area contributed by atoms with E-state index in [0.717, 1.165) is 0 Å². The summed E-state index contributed by atoms with van der Waals surface area (Å²) in [6.45, 7) is 5.64. The predicted molar refractivity (Wildman–Crippen MR) is 76.0 cm³/mol. The van der Waals surface area contributed by atoms with E-state index in [9.17, 15) is 8.42 Å². The van der Waals surface area contributed by atoms with Gasteiger partial charge in [-0.25, -0.2) is 8.42 Å².